The zero-order chi connectivity index (χ0) is 21.9. The number of thioether (sulfide) groups is 1. The van der Waals surface area contributed by atoms with Crippen molar-refractivity contribution in [1.82, 2.24) is 4.90 Å². The van der Waals surface area contributed by atoms with E-state index in [0.717, 1.165) is 22.6 Å². The van der Waals surface area contributed by atoms with E-state index in [1.165, 1.54) is 17.8 Å². The molecule has 0 aromatic rings. The van der Waals surface area contributed by atoms with Crippen LogP contribution in [0.3, 0.4) is 0 Å². The molecule has 2 aliphatic heterocycles. The molecule has 2 unspecified atom stereocenters. The third-order valence-corrected chi connectivity index (χ3v) is 7.11. The van der Waals surface area contributed by atoms with Crippen LogP contribution in [0.4, 0.5) is 4.39 Å². The van der Waals surface area contributed by atoms with Gasteiger partial charge in [-0.3, -0.25) is 0 Å². The number of ether oxygens (including phenoxy) is 1. The van der Waals surface area contributed by atoms with Gasteiger partial charge in [0.05, 0.1) is 29.9 Å². The van der Waals surface area contributed by atoms with E-state index in [2.05, 4.69) is 24.8 Å². The Hall–Kier alpha value is -1.82. The number of nitriles is 1. The van der Waals surface area contributed by atoms with Gasteiger partial charge in [-0.2, -0.15) is 5.26 Å². The van der Waals surface area contributed by atoms with Gasteiger partial charge in [-0.15, -0.1) is 0 Å². The summed E-state index contributed by atoms with van der Waals surface area (Å²) in [6.45, 7) is 3.02. The van der Waals surface area contributed by atoms with Crippen LogP contribution in [0.15, 0.2) is 57.0 Å². The monoisotopic (exact) mass is 448 g/mol. The Labute approximate surface area is 184 Å². The maximum absolute atomic E-state index is 13.8. The van der Waals surface area contributed by atoms with Crippen molar-refractivity contribution < 1.29 is 9.13 Å². The first-order valence-corrected chi connectivity index (χ1v) is 14.0. The summed E-state index contributed by atoms with van der Waals surface area (Å²) in [4.78, 5) is 11.5. The fraction of sp³-hybridized carbons (Fsp3) is 0.500. The van der Waals surface area contributed by atoms with Crippen LogP contribution in [-0.2, 0) is 4.74 Å². The lowest BCUT2D eigenvalue weighted by Gasteiger charge is -2.31. The SMILES string of the molecule is CSC1=NC2C(C(C#N)=CN2COCCS(C)(C)C)C(C2=CC=C(F)CC=C2C)=N1. The molecule has 8 heteroatoms. The van der Waals surface area contributed by atoms with Gasteiger partial charge in [-0.1, -0.05) is 23.9 Å². The minimum absolute atomic E-state index is 0.186. The number of hydrogen-bond donors (Lipinski definition) is 0. The molecule has 0 bridgehead atoms. The molecule has 0 N–H and O–H groups in total. The maximum atomic E-state index is 13.8. The number of hydrogen-bond acceptors (Lipinski definition) is 6. The normalized spacial score (nSPS) is 24.5. The first-order valence-electron chi connectivity index (χ1n) is 9.79. The molecule has 3 rings (SSSR count). The van der Waals surface area contributed by atoms with Gasteiger partial charge in [0.15, 0.2) is 5.17 Å². The lowest BCUT2D eigenvalue weighted by atomic mass is 9.86. The summed E-state index contributed by atoms with van der Waals surface area (Å²) in [7, 11) is -0.620. The van der Waals surface area contributed by atoms with Crippen molar-refractivity contribution in [2.45, 2.75) is 19.5 Å². The van der Waals surface area contributed by atoms with Crippen LogP contribution < -0.4 is 0 Å². The van der Waals surface area contributed by atoms with Gasteiger partial charge in [0.25, 0.3) is 0 Å². The molecule has 0 aromatic carbocycles. The van der Waals surface area contributed by atoms with E-state index in [0.29, 0.717) is 24.1 Å². The molecular weight excluding hydrogens is 419 g/mol. The second-order valence-electron chi connectivity index (χ2n) is 8.33. The molecule has 0 aromatic heterocycles. The molecule has 0 saturated carbocycles. The zero-order valence-corrected chi connectivity index (χ0v) is 19.8. The number of nitrogens with zero attached hydrogens (tertiary/aromatic N) is 4. The predicted octanol–water partition coefficient (Wildman–Crippen LogP) is 4.62. The summed E-state index contributed by atoms with van der Waals surface area (Å²) in [6, 6.07) is 2.32. The van der Waals surface area contributed by atoms with Gasteiger partial charge in [-0.05, 0) is 49.2 Å². The van der Waals surface area contributed by atoms with Crippen LogP contribution in [0.5, 0.6) is 0 Å². The van der Waals surface area contributed by atoms with E-state index in [9.17, 15) is 9.65 Å². The highest BCUT2D eigenvalue weighted by atomic mass is 32.3. The van der Waals surface area contributed by atoms with Gasteiger partial charge in [-0.25, -0.2) is 24.4 Å². The second kappa shape index (κ2) is 9.54. The quantitative estimate of drug-likeness (QED) is 0.556. The van der Waals surface area contributed by atoms with Crippen LogP contribution in [0.25, 0.3) is 0 Å². The van der Waals surface area contributed by atoms with Crippen molar-refractivity contribution in [3.8, 4) is 6.07 Å². The Kier molecular flexibility index (Phi) is 7.27. The van der Waals surface area contributed by atoms with Gasteiger partial charge in [0.1, 0.15) is 18.7 Å². The fourth-order valence-corrected chi connectivity index (χ4v) is 4.50. The Bertz CT molecular complexity index is 918. The fourth-order valence-electron chi connectivity index (χ4n) is 3.48. The molecule has 162 valence electrons. The van der Waals surface area contributed by atoms with E-state index in [1.54, 1.807) is 6.08 Å². The van der Waals surface area contributed by atoms with E-state index in [1.807, 2.05) is 30.4 Å². The van der Waals surface area contributed by atoms with E-state index in [4.69, 9.17) is 14.7 Å². The van der Waals surface area contributed by atoms with Gasteiger partial charge >= 0.3 is 0 Å². The van der Waals surface area contributed by atoms with Crippen LogP contribution in [-0.4, -0.2) is 66.1 Å². The highest BCUT2D eigenvalue weighted by Crippen LogP contribution is 2.38. The Balaban J connectivity index is 1.88. The lowest BCUT2D eigenvalue weighted by Crippen LogP contribution is -2.40. The number of rotatable bonds is 6. The molecule has 30 heavy (non-hydrogen) atoms. The molecule has 0 spiro atoms. The zero-order valence-electron chi connectivity index (χ0n) is 18.2. The van der Waals surface area contributed by atoms with E-state index < -0.39 is 10.0 Å². The summed E-state index contributed by atoms with van der Waals surface area (Å²) in [5, 5.41) is 10.5. The van der Waals surface area contributed by atoms with Crippen molar-refractivity contribution in [3.63, 3.8) is 0 Å². The number of aliphatic imine (C=N–C) groups is 2. The van der Waals surface area contributed by atoms with Crippen molar-refractivity contribution >= 4 is 32.7 Å². The van der Waals surface area contributed by atoms with Crippen molar-refractivity contribution in [1.29, 1.82) is 5.26 Å². The lowest BCUT2D eigenvalue weighted by molar-refractivity contribution is 0.0463. The molecule has 2 heterocycles. The summed E-state index contributed by atoms with van der Waals surface area (Å²) in [5.41, 5.74) is 3.20. The van der Waals surface area contributed by atoms with Crippen molar-refractivity contribution in [3.05, 3.63) is 47.0 Å². The Morgan fingerprint density at radius 1 is 1.37 bits per heavy atom. The molecule has 5 nitrogen and oxygen atoms in total. The average Bonchev–Trinajstić information content (AvgIpc) is 2.97. The van der Waals surface area contributed by atoms with E-state index in [-0.39, 0.29) is 24.3 Å². The molecule has 2 atom stereocenters. The molecule has 0 saturated heterocycles. The average molecular weight is 449 g/mol. The molecule has 1 aliphatic carbocycles. The standard InChI is InChI=1S/C22H29FN4OS2/c1-15-6-7-17(23)8-9-18(15)20-19-16(12-24)13-27(14-28-10-11-30(3,4)5)21(19)26-22(25-20)29-2/h6,8-9,13,19,21H,7,10-11,14H2,1-5H3. The molecule has 3 aliphatic rings. The summed E-state index contributed by atoms with van der Waals surface area (Å²) < 4.78 is 19.8. The second-order valence-corrected chi connectivity index (χ2v) is 13.7. The topological polar surface area (TPSA) is 61.0 Å². The Morgan fingerprint density at radius 2 is 2.13 bits per heavy atom. The summed E-state index contributed by atoms with van der Waals surface area (Å²) in [6.07, 6.45) is 15.7. The molecule has 0 fully saturated rings. The van der Waals surface area contributed by atoms with Gasteiger partial charge in [0, 0.05) is 18.4 Å². The van der Waals surface area contributed by atoms with Gasteiger partial charge in [0.2, 0.25) is 0 Å². The smallest absolute Gasteiger partial charge is 0.185 e. The van der Waals surface area contributed by atoms with Gasteiger partial charge < -0.3 is 9.64 Å². The van der Waals surface area contributed by atoms with Crippen molar-refractivity contribution in [2.24, 2.45) is 15.9 Å². The predicted molar refractivity (Wildman–Crippen MR) is 128 cm³/mol. The van der Waals surface area contributed by atoms with Crippen LogP contribution >= 0.6 is 21.8 Å². The number of allylic oxidation sites excluding steroid dienone is 6. The molecule has 0 amide bonds. The Morgan fingerprint density at radius 3 is 2.80 bits per heavy atom. The summed E-state index contributed by atoms with van der Waals surface area (Å²) in [5.74, 6) is 0.561. The number of amidine groups is 1. The van der Waals surface area contributed by atoms with Crippen LogP contribution in [0, 0.1) is 17.2 Å². The largest absolute Gasteiger partial charge is 0.360 e. The minimum Gasteiger partial charge on any atom is -0.360 e. The first-order chi connectivity index (χ1) is 14.2. The molecule has 0 radical (unpaired) electrons. The number of fused-ring (bicyclic) bond motifs is 1. The van der Waals surface area contributed by atoms with Crippen LogP contribution in [0.1, 0.15) is 13.3 Å². The highest BCUT2D eigenvalue weighted by Gasteiger charge is 2.42. The third-order valence-electron chi connectivity index (χ3n) is 5.16. The van der Waals surface area contributed by atoms with Crippen LogP contribution in [0.2, 0.25) is 0 Å². The van der Waals surface area contributed by atoms with E-state index >= 15 is 0 Å². The van der Waals surface area contributed by atoms with Crippen molar-refractivity contribution in [2.75, 3.05) is 44.1 Å². The first kappa shape index (κ1) is 22.9. The maximum Gasteiger partial charge on any atom is 0.185 e. The number of halogens is 1. The summed E-state index contributed by atoms with van der Waals surface area (Å²) >= 11 is 1.47. The highest BCUT2D eigenvalue weighted by molar-refractivity contribution is 8.32. The molecular formula is C22H29FN4OS2. The third kappa shape index (κ3) is 5.26. The minimum atomic E-state index is -0.620.